The molecular formula is C17H23N3O4. The highest BCUT2D eigenvalue weighted by molar-refractivity contribution is 6.00. The van der Waals surface area contributed by atoms with E-state index in [0.717, 1.165) is 31.6 Å². The van der Waals surface area contributed by atoms with Gasteiger partial charge in [-0.25, -0.2) is 0 Å². The number of carbonyl (C=O) groups is 1. The molecule has 3 rings (SSSR count). The molecule has 2 fully saturated rings. The van der Waals surface area contributed by atoms with Gasteiger partial charge >= 0.3 is 0 Å². The average Bonchev–Trinajstić information content (AvgIpc) is 2.90. The van der Waals surface area contributed by atoms with Crippen LogP contribution in [-0.4, -0.2) is 55.1 Å². The van der Waals surface area contributed by atoms with Crippen LogP contribution in [0.4, 0.5) is 11.4 Å². The quantitative estimate of drug-likeness (QED) is 0.627. The van der Waals surface area contributed by atoms with Crippen LogP contribution < -0.4 is 4.90 Å². The molecule has 0 aliphatic carbocycles. The Kier molecular flexibility index (Phi) is 5.30. The van der Waals surface area contributed by atoms with Crippen LogP contribution in [0.2, 0.25) is 0 Å². The first-order valence-electron chi connectivity index (χ1n) is 8.57. The number of ether oxygens (including phenoxy) is 1. The van der Waals surface area contributed by atoms with E-state index in [1.54, 1.807) is 11.0 Å². The number of carbonyl (C=O) groups excluding carboxylic acids is 1. The zero-order valence-electron chi connectivity index (χ0n) is 13.8. The van der Waals surface area contributed by atoms with E-state index in [-0.39, 0.29) is 11.6 Å². The van der Waals surface area contributed by atoms with E-state index >= 15 is 0 Å². The second kappa shape index (κ2) is 7.61. The third kappa shape index (κ3) is 3.67. The van der Waals surface area contributed by atoms with Crippen LogP contribution in [-0.2, 0) is 4.74 Å². The summed E-state index contributed by atoms with van der Waals surface area (Å²) < 4.78 is 5.30. The molecule has 130 valence electrons. The van der Waals surface area contributed by atoms with Gasteiger partial charge in [-0.15, -0.1) is 0 Å². The Morgan fingerprint density at radius 2 is 1.71 bits per heavy atom. The van der Waals surface area contributed by atoms with Crippen molar-refractivity contribution in [2.75, 3.05) is 44.3 Å². The van der Waals surface area contributed by atoms with Crippen molar-refractivity contribution in [3.05, 3.63) is 33.9 Å². The second-order valence-corrected chi connectivity index (χ2v) is 6.26. The molecular weight excluding hydrogens is 310 g/mol. The first kappa shape index (κ1) is 16.7. The number of non-ortho nitro benzene ring substituents is 1. The Morgan fingerprint density at radius 3 is 2.33 bits per heavy atom. The fourth-order valence-electron chi connectivity index (χ4n) is 3.33. The lowest BCUT2D eigenvalue weighted by atomic mass is 10.1. The lowest BCUT2D eigenvalue weighted by Crippen LogP contribution is -2.41. The minimum absolute atomic E-state index is 0.0369. The highest BCUT2D eigenvalue weighted by Crippen LogP contribution is 2.29. The number of benzene rings is 1. The molecule has 0 N–H and O–H groups in total. The van der Waals surface area contributed by atoms with Crippen molar-refractivity contribution in [2.24, 2.45) is 0 Å². The molecule has 2 aliphatic heterocycles. The van der Waals surface area contributed by atoms with Crippen LogP contribution >= 0.6 is 0 Å². The summed E-state index contributed by atoms with van der Waals surface area (Å²) in [6.07, 6.45) is 4.55. The lowest BCUT2D eigenvalue weighted by molar-refractivity contribution is -0.384. The van der Waals surface area contributed by atoms with Crippen molar-refractivity contribution >= 4 is 17.3 Å². The molecule has 0 spiro atoms. The zero-order valence-corrected chi connectivity index (χ0v) is 13.8. The topological polar surface area (TPSA) is 75.9 Å². The van der Waals surface area contributed by atoms with E-state index < -0.39 is 4.92 Å². The predicted molar refractivity (Wildman–Crippen MR) is 90.5 cm³/mol. The summed E-state index contributed by atoms with van der Waals surface area (Å²) in [6.45, 7) is 3.86. The van der Waals surface area contributed by atoms with Gasteiger partial charge in [-0.2, -0.15) is 0 Å². The van der Waals surface area contributed by atoms with Crippen LogP contribution in [0, 0.1) is 10.1 Å². The van der Waals surface area contributed by atoms with E-state index in [2.05, 4.69) is 4.90 Å². The van der Waals surface area contributed by atoms with Crippen molar-refractivity contribution in [3.63, 3.8) is 0 Å². The summed E-state index contributed by atoms with van der Waals surface area (Å²) in [5.74, 6) is -0.138. The van der Waals surface area contributed by atoms with E-state index in [1.165, 1.54) is 25.0 Å². The molecule has 1 aromatic carbocycles. The van der Waals surface area contributed by atoms with Crippen LogP contribution in [0.1, 0.15) is 36.0 Å². The molecule has 0 atom stereocenters. The van der Waals surface area contributed by atoms with Gasteiger partial charge in [0.1, 0.15) is 0 Å². The smallest absolute Gasteiger partial charge is 0.270 e. The molecule has 1 aromatic rings. The fraction of sp³-hybridized carbons (Fsp3) is 0.588. The standard InChI is InChI=1S/C17H23N3O4/c21-17(19-9-11-24-12-10-19)15-13-14(20(22)23)5-6-16(15)18-7-3-1-2-4-8-18/h5-6,13H,1-4,7-12H2. The summed E-state index contributed by atoms with van der Waals surface area (Å²) in [5.41, 5.74) is 1.22. The number of hydrogen-bond donors (Lipinski definition) is 0. The maximum Gasteiger partial charge on any atom is 0.270 e. The Labute approximate surface area is 141 Å². The highest BCUT2D eigenvalue weighted by Gasteiger charge is 2.26. The third-order valence-electron chi connectivity index (χ3n) is 4.67. The Balaban J connectivity index is 1.94. The fourth-order valence-corrected chi connectivity index (χ4v) is 3.33. The van der Waals surface area contributed by atoms with Gasteiger partial charge in [0.15, 0.2) is 0 Å². The molecule has 7 nitrogen and oxygen atoms in total. The number of nitro benzene ring substituents is 1. The number of morpholine rings is 1. The van der Waals surface area contributed by atoms with Gasteiger partial charge in [0.05, 0.1) is 29.4 Å². The maximum absolute atomic E-state index is 12.9. The maximum atomic E-state index is 12.9. The van der Waals surface area contributed by atoms with Crippen molar-refractivity contribution in [3.8, 4) is 0 Å². The first-order chi connectivity index (χ1) is 11.7. The van der Waals surface area contributed by atoms with E-state index in [4.69, 9.17) is 4.74 Å². The Morgan fingerprint density at radius 1 is 1.04 bits per heavy atom. The zero-order chi connectivity index (χ0) is 16.9. The van der Waals surface area contributed by atoms with Gasteiger partial charge < -0.3 is 14.5 Å². The normalized spacial score (nSPS) is 19.0. The monoisotopic (exact) mass is 333 g/mol. The van der Waals surface area contributed by atoms with Crippen molar-refractivity contribution in [2.45, 2.75) is 25.7 Å². The number of anilines is 1. The highest BCUT2D eigenvalue weighted by atomic mass is 16.6. The molecule has 24 heavy (non-hydrogen) atoms. The second-order valence-electron chi connectivity index (χ2n) is 6.26. The Hall–Kier alpha value is -2.15. The summed E-state index contributed by atoms with van der Waals surface area (Å²) in [4.78, 5) is 27.6. The van der Waals surface area contributed by atoms with Crippen LogP contribution in [0.25, 0.3) is 0 Å². The van der Waals surface area contributed by atoms with Crippen molar-refractivity contribution in [1.29, 1.82) is 0 Å². The molecule has 0 radical (unpaired) electrons. The number of nitrogens with zero attached hydrogens (tertiary/aromatic N) is 3. The molecule has 1 amide bonds. The predicted octanol–water partition coefficient (Wildman–Crippen LogP) is 2.45. The molecule has 0 unspecified atom stereocenters. The number of rotatable bonds is 3. The molecule has 2 heterocycles. The van der Waals surface area contributed by atoms with E-state index in [0.29, 0.717) is 31.9 Å². The van der Waals surface area contributed by atoms with Gasteiger partial charge in [0.2, 0.25) is 0 Å². The SMILES string of the molecule is O=C(c1cc([N+](=O)[O-])ccc1N1CCCCCC1)N1CCOCC1. The van der Waals surface area contributed by atoms with Crippen molar-refractivity contribution < 1.29 is 14.5 Å². The number of amides is 1. The van der Waals surface area contributed by atoms with Gasteiger partial charge in [-0.1, -0.05) is 12.8 Å². The largest absolute Gasteiger partial charge is 0.378 e. The first-order valence-corrected chi connectivity index (χ1v) is 8.57. The molecule has 0 aromatic heterocycles. The summed E-state index contributed by atoms with van der Waals surface area (Å²) in [7, 11) is 0. The number of hydrogen-bond acceptors (Lipinski definition) is 5. The molecule has 7 heteroatoms. The summed E-state index contributed by atoms with van der Waals surface area (Å²) in [6, 6.07) is 4.66. The molecule has 0 saturated carbocycles. The van der Waals surface area contributed by atoms with Crippen LogP contribution in [0.5, 0.6) is 0 Å². The Bertz CT molecular complexity index is 606. The van der Waals surface area contributed by atoms with Gasteiger partial charge in [-0.3, -0.25) is 14.9 Å². The van der Waals surface area contributed by atoms with Gasteiger partial charge in [0, 0.05) is 38.3 Å². The molecule has 0 bridgehead atoms. The minimum atomic E-state index is -0.442. The molecule has 2 aliphatic rings. The molecule has 2 saturated heterocycles. The van der Waals surface area contributed by atoms with Gasteiger partial charge in [0.25, 0.3) is 11.6 Å². The average molecular weight is 333 g/mol. The van der Waals surface area contributed by atoms with Crippen LogP contribution in [0.15, 0.2) is 18.2 Å². The summed E-state index contributed by atoms with van der Waals surface area (Å²) >= 11 is 0. The van der Waals surface area contributed by atoms with Crippen LogP contribution in [0.3, 0.4) is 0 Å². The minimum Gasteiger partial charge on any atom is -0.378 e. The third-order valence-corrected chi connectivity index (χ3v) is 4.67. The summed E-state index contributed by atoms with van der Waals surface area (Å²) in [5, 5.41) is 11.1. The van der Waals surface area contributed by atoms with E-state index in [1.807, 2.05) is 0 Å². The van der Waals surface area contributed by atoms with Gasteiger partial charge in [-0.05, 0) is 18.9 Å². The number of nitro groups is 1. The van der Waals surface area contributed by atoms with Crippen molar-refractivity contribution in [1.82, 2.24) is 4.90 Å². The lowest BCUT2D eigenvalue weighted by Gasteiger charge is -2.30. The van der Waals surface area contributed by atoms with E-state index in [9.17, 15) is 14.9 Å².